The molecule has 0 fully saturated rings. The molecule has 6 heteroatoms. The summed E-state index contributed by atoms with van der Waals surface area (Å²) in [7, 11) is 0. The fourth-order valence-electron chi connectivity index (χ4n) is 2.41. The van der Waals surface area contributed by atoms with Gasteiger partial charge >= 0.3 is 0 Å². The Labute approximate surface area is 150 Å². The second kappa shape index (κ2) is 8.11. The number of amides is 1. The Kier molecular flexibility index (Phi) is 5.43. The molecule has 0 saturated carbocycles. The molecule has 0 spiro atoms. The number of carbonyl (C=O) groups is 1. The van der Waals surface area contributed by atoms with E-state index in [0.29, 0.717) is 12.4 Å². The first-order valence-corrected chi connectivity index (χ1v) is 8.21. The molecule has 2 N–H and O–H groups in total. The third-order valence-corrected chi connectivity index (χ3v) is 3.77. The Bertz CT molecular complexity index is 952. The van der Waals surface area contributed by atoms with E-state index in [-0.39, 0.29) is 12.1 Å². The van der Waals surface area contributed by atoms with E-state index in [4.69, 9.17) is 4.74 Å². The second-order valence-corrected chi connectivity index (χ2v) is 5.82. The monoisotopic (exact) mass is 349 g/mol. The highest BCUT2D eigenvalue weighted by atomic mass is 16.5. The molecule has 0 radical (unpaired) electrons. The van der Waals surface area contributed by atoms with Gasteiger partial charge in [-0.1, -0.05) is 42.5 Å². The van der Waals surface area contributed by atoms with Crippen molar-refractivity contribution in [2.24, 2.45) is 0 Å². The van der Waals surface area contributed by atoms with E-state index < -0.39 is 11.5 Å². The zero-order valence-electron chi connectivity index (χ0n) is 14.4. The molecule has 3 aromatic rings. The number of nitrogens with zero attached hydrogens (tertiary/aromatic N) is 1. The van der Waals surface area contributed by atoms with Gasteiger partial charge in [0.2, 0.25) is 0 Å². The Morgan fingerprint density at radius 1 is 1.12 bits per heavy atom. The molecule has 0 aliphatic rings. The number of ether oxygens (including phenoxy) is 1. The van der Waals surface area contributed by atoms with Gasteiger partial charge in [-0.2, -0.15) is 0 Å². The number of nitrogens with one attached hydrogen (secondary N) is 2. The molecule has 1 aromatic heterocycles. The molecule has 26 heavy (non-hydrogen) atoms. The van der Waals surface area contributed by atoms with Gasteiger partial charge in [-0.15, -0.1) is 0 Å². The van der Waals surface area contributed by atoms with Gasteiger partial charge in [0.15, 0.2) is 0 Å². The molecule has 3 rings (SSSR count). The van der Waals surface area contributed by atoms with Crippen LogP contribution in [0.3, 0.4) is 0 Å². The Morgan fingerprint density at radius 2 is 1.88 bits per heavy atom. The second-order valence-electron chi connectivity index (χ2n) is 5.82. The van der Waals surface area contributed by atoms with E-state index in [1.165, 1.54) is 6.20 Å². The molecule has 0 atom stereocenters. The molecule has 1 heterocycles. The molecule has 2 aromatic carbocycles. The topological polar surface area (TPSA) is 84.1 Å². The summed E-state index contributed by atoms with van der Waals surface area (Å²) in [4.78, 5) is 30.4. The van der Waals surface area contributed by atoms with E-state index in [1.54, 1.807) is 6.92 Å². The minimum atomic E-state index is -0.464. The van der Waals surface area contributed by atoms with Gasteiger partial charge < -0.3 is 15.0 Å². The van der Waals surface area contributed by atoms with Crippen molar-refractivity contribution in [3.8, 4) is 5.75 Å². The lowest BCUT2D eigenvalue weighted by Crippen LogP contribution is -2.29. The number of aromatic amines is 1. The summed E-state index contributed by atoms with van der Waals surface area (Å²) in [6.45, 7) is 2.42. The third-order valence-electron chi connectivity index (χ3n) is 3.77. The summed E-state index contributed by atoms with van der Waals surface area (Å²) >= 11 is 0. The lowest BCUT2D eigenvalue weighted by molar-refractivity contribution is 0.0949. The van der Waals surface area contributed by atoms with Gasteiger partial charge in [0.25, 0.3) is 11.5 Å². The summed E-state index contributed by atoms with van der Waals surface area (Å²) in [5, 5.41) is 2.72. The Hall–Kier alpha value is -3.41. The molecule has 0 bridgehead atoms. The number of benzene rings is 2. The summed E-state index contributed by atoms with van der Waals surface area (Å²) < 4.78 is 5.78. The van der Waals surface area contributed by atoms with Crippen LogP contribution in [0.2, 0.25) is 0 Å². The average molecular weight is 349 g/mol. The lowest BCUT2D eigenvalue weighted by atomic mass is 10.2. The van der Waals surface area contributed by atoms with Crippen LogP contribution in [0.4, 0.5) is 0 Å². The van der Waals surface area contributed by atoms with Crippen LogP contribution in [-0.2, 0) is 13.2 Å². The molecule has 6 nitrogen and oxygen atoms in total. The highest BCUT2D eigenvalue weighted by molar-refractivity contribution is 5.93. The van der Waals surface area contributed by atoms with Crippen molar-refractivity contribution in [1.82, 2.24) is 15.3 Å². The number of H-pyrrole nitrogens is 1. The first kappa shape index (κ1) is 17.4. The van der Waals surface area contributed by atoms with Crippen molar-refractivity contribution in [1.29, 1.82) is 0 Å². The van der Waals surface area contributed by atoms with Gasteiger partial charge in [0.1, 0.15) is 23.7 Å². The van der Waals surface area contributed by atoms with Crippen molar-refractivity contribution in [3.63, 3.8) is 0 Å². The predicted molar refractivity (Wildman–Crippen MR) is 98.0 cm³/mol. The maximum absolute atomic E-state index is 12.1. The van der Waals surface area contributed by atoms with Crippen LogP contribution in [0.25, 0.3) is 0 Å². The molecular weight excluding hydrogens is 330 g/mol. The summed E-state index contributed by atoms with van der Waals surface area (Å²) in [6, 6.07) is 17.4. The minimum Gasteiger partial charge on any atom is -0.489 e. The maximum atomic E-state index is 12.1. The van der Waals surface area contributed by atoms with E-state index >= 15 is 0 Å². The van der Waals surface area contributed by atoms with Crippen molar-refractivity contribution in [3.05, 3.63) is 93.7 Å². The Morgan fingerprint density at radius 3 is 2.65 bits per heavy atom. The summed E-state index contributed by atoms with van der Waals surface area (Å²) in [5.41, 5.74) is 1.50. The fraction of sp³-hybridized carbons (Fsp3) is 0.150. The molecule has 0 unspecified atom stereocenters. The highest BCUT2D eigenvalue weighted by Gasteiger charge is 2.11. The van der Waals surface area contributed by atoms with E-state index in [2.05, 4.69) is 15.3 Å². The van der Waals surface area contributed by atoms with E-state index in [0.717, 1.165) is 16.9 Å². The fourth-order valence-corrected chi connectivity index (χ4v) is 2.41. The molecule has 0 aliphatic carbocycles. The molecule has 132 valence electrons. The number of hydrogen-bond acceptors (Lipinski definition) is 4. The molecule has 0 aliphatic heterocycles. The van der Waals surface area contributed by atoms with Crippen LogP contribution >= 0.6 is 0 Å². The quantitative estimate of drug-likeness (QED) is 0.716. The van der Waals surface area contributed by atoms with Crippen molar-refractivity contribution >= 4 is 5.91 Å². The zero-order valence-corrected chi connectivity index (χ0v) is 14.4. The number of rotatable bonds is 6. The van der Waals surface area contributed by atoms with Crippen LogP contribution in [0.15, 0.2) is 65.6 Å². The zero-order chi connectivity index (χ0) is 18.4. The van der Waals surface area contributed by atoms with Gasteiger partial charge in [0.05, 0.1) is 0 Å². The standard InChI is InChI=1S/C20H19N3O3/c1-14-21-12-18(20(25)23-14)19(24)22-11-16-8-5-9-17(10-16)26-13-15-6-3-2-4-7-15/h2-10,12H,11,13H2,1H3,(H,22,24)(H,21,23,25). The first-order valence-electron chi connectivity index (χ1n) is 8.21. The molecule has 0 saturated heterocycles. The van der Waals surface area contributed by atoms with Gasteiger partial charge in [-0.05, 0) is 30.2 Å². The van der Waals surface area contributed by atoms with Gasteiger partial charge in [0, 0.05) is 12.7 Å². The summed E-state index contributed by atoms with van der Waals surface area (Å²) in [6.07, 6.45) is 1.28. The lowest BCUT2D eigenvalue weighted by Gasteiger charge is -2.09. The summed E-state index contributed by atoms with van der Waals surface area (Å²) in [5.74, 6) is 0.722. The van der Waals surface area contributed by atoms with Crippen LogP contribution in [0.5, 0.6) is 5.75 Å². The number of hydrogen-bond donors (Lipinski definition) is 2. The van der Waals surface area contributed by atoms with Crippen molar-refractivity contribution in [2.75, 3.05) is 0 Å². The predicted octanol–water partition coefficient (Wildman–Crippen LogP) is 2.59. The highest BCUT2D eigenvalue weighted by Crippen LogP contribution is 2.15. The first-order chi connectivity index (χ1) is 12.6. The Balaban J connectivity index is 1.60. The van der Waals surface area contributed by atoms with Crippen LogP contribution in [-0.4, -0.2) is 15.9 Å². The van der Waals surface area contributed by atoms with Crippen molar-refractivity contribution in [2.45, 2.75) is 20.1 Å². The number of aromatic nitrogens is 2. The largest absolute Gasteiger partial charge is 0.489 e. The van der Waals surface area contributed by atoms with Crippen LogP contribution in [0.1, 0.15) is 27.3 Å². The normalized spacial score (nSPS) is 10.3. The van der Waals surface area contributed by atoms with Crippen LogP contribution in [0, 0.1) is 6.92 Å². The third kappa shape index (κ3) is 4.57. The average Bonchev–Trinajstić information content (AvgIpc) is 2.66. The van der Waals surface area contributed by atoms with Crippen molar-refractivity contribution < 1.29 is 9.53 Å². The minimum absolute atomic E-state index is 0.00733. The smallest absolute Gasteiger partial charge is 0.263 e. The van der Waals surface area contributed by atoms with Gasteiger partial charge in [-0.3, -0.25) is 9.59 Å². The van der Waals surface area contributed by atoms with Gasteiger partial charge in [-0.25, -0.2) is 4.98 Å². The maximum Gasteiger partial charge on any atom is 0.263 e. The van der Waals surface area contributed by atoms with E-state index in [9.17, 15) is 9.59 Å². The number of carbonyl (C=O) groups excluding carboxylic acids is 1. The van der Waals surface area contributed by atoms with Crippen LogP contribution < -0.4 is 15.6 Å². The molecular formula is C20H19N3O3. The number of aryl methyl sites for hydroxylation is 1. The van der Waals surface area contributed by atoms with E-state index in [1.807, 2.05) is 54.6 Å². The molecule has 1 amide bonds. The SMILES string of the molecule is Cc1ncc(C(=O)NCc2cccc(OCc3ccccc3)c2)c(=O)[nH]1.